The Hall–Kier alpha value is -1.81. The van der Waals surface area contributed by atoms with Crippen LogP contribution in [-0.4, -0.2) is 15.9 Å². The van der Waals surface area contributed by atoms with Gasteiger partial charge in [0.15, 0.2) is 11.6 Å². The molecule has 18 heavy (non-hydrogen) atoms. The number of nitrogen functional groups attached to an aromatic ring is 1. The number of aryl methyl sites for hydroxylation is 1. The van der Waals surface area contributed by atoms with Gasteiger partial charge in [0.05, 0.1) is 5.60 Å². The summed E-state index contributed by atoms with van der Waals surface area (Å²) in [6, 6.07) is 9.70. The molecule has 0 amide bonds. The largest absolute Gasteiger partial charge is 0.390 e. The Bertz CT molecular complexity index is 509. The van der Waals surface area contributed by atoms with Crippen molar-refractivity contribution in [2.45, 2.75) is 32.3 Å². The second-order valence-electron chi connectivity index (χ2n) is 5.13. The molecule has 96 valence electrons. The van der Waals surface area contributed by atoms with E-state index in [9.17, 15) is 5.11 Å². The molecular weight excluding hydrogens is 228 g/mol. The molecule has 0 fully saturated rings. The first-order valence-corrected chi connectivity index (χ1v) is 5.98. The normalized spacial score (nSPS) is 11.7. The summed E-state index contributed by atoms with van der Waals surface area (Å²) in [5.74, 6) is 1.05. The Morgan fingerprint density at radius 2 is 1.94 bits per heavy atom. The lowest BCUT2D eigenvalue weighted by Crippen LogP contribution is -2.19. The van der Waals surface area contributed by atoms with Crippen molar-refractivity contribution in [2.75, 3.05) is 5.73 Å². The van der Waals surface area contributed by atoms with Crippen LogP contribution in [0.2, 0.25) is 0 Å². The molecule has 2 rings (SSSR count). The fourth-order valence-corrected chi connectivity index (χ4v) is 1.71. The number of nitrogens with two attached hydrogens (primary N) is 1. The van der Waals surface area contributed by atoms with E-state index in [1.165, 1.54) is 5.56 Å². The Balaban J connectivity index is 2.06. The minimum atomic E-state index is -0.627. The van der Waals surface area contributed by atoms with Crippen molar-refractivity contribution in [1.82, 2.24) is 5.16 Å². The van der Waals surface area contributed by atoms with E-state index in [1.54, 1.807) is 6.07 Å². The maximum Gasteiger partial charge on any atom is 0.169 e. The molecule has 0 spiro atoms. The molecule has 1 heterocycles. The first-order chi connectivity index (χ1) is 8.44. The Morgan fingerprint density at radius 1 is 1.28 bits per heavy atom. The molecule has 1 aromatic heterocycles. The molecule has 0 aliphatic carbocycles. The fraction of sp³-hybridized carbons (Fsp3) is 0.357. The summed E-state index contributed by atoms with van der Waals surface area (Å²) in [5.41, 5.74) is 7.02. The van der Waals surface area contributed by atoms with Crippen molar-refractivity contribution in [3.63, 3.8) is 0 Å². The van der Waals surface area contributed by atoms with Gasteiger partial charge < -0.3 is 15.4 Å². The van der Waals surface area contributed by atoms with Gasteiger partial charge in [-0.15, -0.1) is 0 Å². The first kappa shape index (κ1) is 12.6. The third-order valence-corrected chi connectivity index (χ3v) is 2.79. The molecule has 4 heteroatoms. The molecular formula is C14H18N2O2. The predicted molar refractivity (Wildman–Crippen MR) is 71.0 cm³/mol. The minimum absolute atomic E-state index is 0.385. The molecule has 2 aromatic rings. The van der Waals surface area contributed by atoms with Crippen molar-refractivity contribution in [1.29, 1.82) is 0 Å². The Labute approximate surface area is 106 Å². The van der Waals surface area contributed by atoms with Crippen LogP contribution in [0.1, 0.15) is 25.8 Å². The summed E-state index contributed by atoms with van der Waals surface area (Å²) in [6.07, 6.45) is 1.59. The quantitative estimate of drug-likeness (QED) is 0.869. The van der Waals surface area contributed by atoms with Crippen molar-refractivity contribution in [3.05, 3.63) is 35.9 Å². The zero-order valence-electron chi connectivity index (χ0n) is 10.7. The lowest BCUT2D eigenvalue weighted by atomic mass is 9.98. The molecule has 4 nitrogen and oxygen atoms in total. The lowest BCUT2D eigenvalue weighted by molar-refractivity contribution is 0.0714. The summed E-state index contributed by atoms with van der Waals surface area (Å²) in [5, 5.41) is 13.3. The number of nitrogens with zero attached hydrogens (tertiary/aromatic N) is 1. The van der Waals surface area contributed by atoms with Crippen LogP contribution in [0.5, 0.6) is 0 Å². The monoisotopic (exact) mass is 246 g/mol. The van der Waals surface area contributed by atoms with Crippen molar-refractivity contribution in [3.8, 4) is 11.3 Å². The number of hydrogen-bond donors (Lipinski definition) is 2. The Kier molecular flexibility index (Phi) is 3.39. The standard InChI is InChI=1S/C14H18N2O2/c1-14(2,17)8-7-10-3-5-11(6-4-10)12-9-13(15)16-18-12/h3-6,9,17H,7-8H2,1-2H3,(H2,15,16). The van der Waals surface area contributed by atoms with Gasteiger partial charge in [0.2, 0.25) is 0 Å². The average Bonchev–Trinajstić information content (AvgIpc) is 2.73. The number of aromatic nitrogens is 1. The van der Waals surface area contributed by atoms with Crippen molar-refractivity contribution < 1.29 is 9.63 Å². The van der Waals surface area contributed by atoms with Gasteiger partial charge in [0, 0.05) is 11.6 Å². The highest BCUT2D eigenvalue weighted by Crippen LogP contribution is 2.22. The van der Waals surface area contributed by atoms with Crippen LogP contribution >= 0.6 is 0 Å². The highest BCUT2D eigenvalue weighted by atomic mass is 16.5. The van der Waals surface area contributed by atoms with Crippen LogP contribution in [0, 0.1) is 0 Å². The van der Waals surface area contributed by atoms with Gasteiger partial charge in [-0.2, -0.15) is 0 Å². The number of anilines is 1. The maximum atomic E-state index is 9.68. The number of benzene rings is 1. The summed E-state index contributed by atoms with van der Waals surface area (Å²) in [6.45, 7) is 3.64. The molecule has 0 radical (unpaired) electrons. The number of aliphatic hydroxyl groups is 1. The molecule has 0 saturated carbocycles. The highest BCUT2D eigenvalue weighted by molar-refractivity contribution is 5.60. The third kappa shape index (κ3) is 3.34. The highest BCUT2D eigenvalue weighted by Gasteiger charge is 2.12. The van der Waals surface area contributed by atoms with Crippen LogP contribution in [0.15, 0.2) is 34.9 Å². The average molecular weight is 246 g/mol. The molecule has 0 bridgehead atoms. The maximum absolute atomic E-state index is 9.68. The van der Waals surface area contributed by atoms with E-state index in [4.69, 9.17) is 10.3 Å². The minimum Gasteiger partial charge on any atom is -0.390 e. The summed E-state index contributed by atoms with van der Waals surface area (Å²) < 4.78 is 5.09. The Morgan fingerprint density at radius 3 is 2.44 bits per heavy atom. The van der Waals surface area contributed by atoms with E-state index in [2.05, 4.69) is 5.16 Å². The van der Waals surface area contributed by atoms with Gasteiger partial charge in [-0.1, -0.05) is 29.4 Å². The SMILES string of the molecule is CC(C)(O)CCc1ccc(-c2cc(N)no2)cc1. The summed E-state index contributed by atoms with van der Waals surface area (Å²) in [4.78, 5) is 0. The first-order valence-electron chi connectivity index (χ1n) is 5.98. The molecule has 3 N–H and O–H groups in total. The molecule has 0 aliphatic rings. The molecule has 1 aromatic carbocycles. The smallest absolute Gasteiger partial charge is 0.169 e. The van der Waals surface area contributed by atoms with Crippen LogP contribution in [0.4, 0.5) is 5.82 Å². The molecule has 0 saturated heterocycles. The van der Waals surface area contributed by atoms with E-state index in [-0.39, 0.29) is 0 Å². The fourth-order valence-electron chi connectivity index (χ4n) is 1.71. The zero-order chi connectivity index (χ0) is 13.2. The molecule has 0 aliphatic heterocycles. The van der Waals surface area contributed by atoms with Crippen LogP contribution in [0.3, 0.4) is 0 Å². The topological polar surface area (TPSA) is 72.3 Å². The van der Waals surface area contributed by atoms with Gasteiger partial charge in [0.1, 0.15) is 0 Å². The zero-order valence-corrected chi connectivity index (χ0v) is 10.7. The second kappa shape index (κ2) is 4.82. The van der Waals surface area contributed by atoms with Gasteiger partial charge in [-0.05, 0) is 32.3 Å². The van der Waals surface area contributed by atoms with Crippen molar-refractivity contribution in [2.24, 2.45) is 0 Å². The molecule has 0 atom stereocenters. The van der Waals surface area contributed by atoms with Gasteiger partial charge in [-0.3, -0.25) is 0 Å². The van der Waals surface area contributed by atoms with E-state index in [1.807, 2.05) is 38.1 Å². The van der Waals surface area contributed by atoms with Gasteiger partial charge >= 0.3 is 0 Å². The van der Waals surface area contributed by atoms with Gasteiger partial charge in [0.25, 0.3) is 0 Å². The van der Waals surface area contributed by atoms with Crippen LogP contribution < -0.4 is 5.73 Å². The van der Waals surface area contributed by atoms with Crippen molar-refractivity contribution >= 4 is 5.82 Å². The molecule has 0 unspecified atom stereocenters. The number of hydrogen-bond acceptors (Lipinski definition) is 4. The number of rotatable bonds is 4. The third-order valence-electron chi connectivity index (χ3n) is 2.79. The predicted octanol–water partition coefficient (Wildman–Crippen LogP) is 2.63. The van der Waals surface area contributed by atoms with E-state index < -0.39 is 5.60 Å². The van der Waals surface area contributed by atoms with E-state index in [0.717, 1.165) is 18.4 Å². The summed E-state index contributed by atoms with van der Waals surface area (Å²) in [7, 11) is 0. The van der Waals surface area contributed by atoms with Crippen LogP contribution in [0.25, 0.3) is 11.3 Å². The van der Waals surface area contributed by atoms with Crippen LogP contribution in [-0.2, 0) is 6.42 Å². The van der Waals surface area contributed by atoms with Gasteiger partial charge in [-0.25, -0.2) is 0 Å². The van der Waals surface area contributed by atoms with E-state index in [0.29, 0.717) is 11.6 Å². The van der Waals surface area contributed by atoms with E-state index >= 15 is 0 Å². The second-order valence-corrected chi connectivity index (χ2v) is 5.13. The summed E-state index contributed by atoms with van der Waals surface area (Å²) >= 11 is 0. The lowest BCUT2D eigenvalue weighted by Gasteiger charge is -2.16.